The van der Waals surface area contributed by atoms with E-state index < -0.39 is 6.29 Å². The largest absolute Gasteiger partial charge is 0.481 e. The maximum atomic E-state index is 5.39. The van der Waals surface area contributed by atoms with E-state index in [0.29, 0.717) is 30.6 Å². The van der Waals surface area contributed by atoms with E-state index in [1.807, 2.05) is 13.8 Å². The molecule has 0 atom stereocenters. The number of rotatable bonds is 7. The Balaban J connectivity index is 2.22. The SMILES string of the molecule is CCOC(OCC)c1nc(-c2cc(OC)ncn2)no1. The van der Waals surface area contributed by atoms with Gasteiger partial charge in [-0.15, -0.1) is 0 Å². The van der Waals surface area contributed by atoms with Crippen molar-refractivity contribution < 1.29 is 18.7 Å². The van der Waals surface area contributed by atoms with Crippen LogP contribution in [-0.2, 0) is 9.47 Å². The van der Waals surface area contributed by atoms with E-state index in [4.69, 9.17) is 18.7 Å². The van der Waals surface area contributed by atoms with E-state index in [0.717, 1.165) is 0 Å². The predicted octanol–water partition coefficient (Wildman–Crippen LogP) is 1.61. The normalized spacial score (nSPS) is 11.0. The molecule has 2 heterocycles. The van der Waals surface area contributed by atoms with Crippen LogP contribution in [0.2, 0.25) is 0 Å². The molecule has 0 unspecified atom stereocenters. The van der Waals surface area contributed by atoms with Gasteiger partial charge in [0.15, 0.2) is 0 Å². The van der Waals surface area contributed by atoms with E-state index >= 15 is 0 Å². The van der Waals surface area contributed by atoms with Crippen molar-refractivity contribution >= 4 is 0 Å². The summed E-state index contributed by atoms with van der Waals surface area (Å²) in [6, 6.07) is 1.62. The van der Waals surface area contributed by atoms with Crippen LogP contribution in [0.4, 0.5) is 0 Å². The highest BCUT2D eigenvalue weighted by Crippen LogP contribution is 2.21. The van der Waals surface area contributed by atoms with Gasteiger partial charge in [0.05, 0.1) is 7.11 Å². The highest BCUT2D eigenvalue weighted by Gasteiger charge is 2.20. The molecule has 8 heteroatoms. The summed E-state index contributed by atoms with van der Waals surface area (Å²) in [5.74, 6) is 0.999. The van der Waals surface area contributed by atoms with Crippen LogP contribution >= 0.6 is 0 Å². The fourth-order valence-corrected chi connectivity index (χ4v) is 1.50. The lowest BCUT2D eigenvalue weighted by Crippen LogP contribution is -2.09. The minimum Gasteiger partial charge on any atom is -0.481 e. The van der Waals surface area contributed by atoms with Gasteiger partial charge in [-0.2, -0.15) is 4.98 Å². The van der Waals surface area contributed by atoms with Gasteiger partial charge in [-0.3, -0.25) is 0 Å². The molecule has 0 saturated carbocycles. The average Bonchev–Trinajstić information content (AvgIpc) is 2.97. The third-order valence-corrected chi connectivity index (χ3v) is 2.36. The molecule has 0 amide bonds. The lowest BCUT2D eigenvalue weighted by Gasteiger charge is -2.11. The molecule has 20 heavy (non-hydrogen) atoms. The number of methoxy groups -OCH3 is 1. The van der Waals surface area contributed by atoms with Gasteiger partial charge in [0, 0.05) is 19.3 Å². The van der Waals surface area contributed by atoms with Gasteiger partial charge < -0.3 is 18.7 Å². The Bertz CT molecular complexity index is 540. The van der Waals surface area contributed by atoms with Crippen LogP contribution in [0.15, 0.2) is 16.9 Å². The second kappa shape index (κ2) is 6.92. The molecule has 2 rings (SSSR count). The summed E-state index contributed by atoms with van der Waals surface area (Å²) in [6.45, 7) is 4.67. The summed E-state index contributed by atoms with van der Waals surface area (Å²) in [5, 5.41) is 3.86. The molecule has 0 radical (unpaired) electrons. The summed E-state index contributed by atoms with van der Waals surface area (Å²) in [4.78, 5) is 12.2. The van der Waals surface area contributed by atoms with Crippen molar-refractivity contribution in [2.45, 2.75) is 20.1 Å². The number of ether oxygens (including phenoxy) is 3. The molecule has 0 saturated heterocycles. The maximum absolute atomic E-state index is 5.39. The van der Waals surface area contributed by atoms with Gasteiger partial charge in [0.1, 0.15) is 12.0 Å². The molecule has 0 spiro atoms. The van der Waals surface area contributed by atoms with Crippen LogP contribution in [-0.4, -0.2) is 40.4 Å². The number of nitrogens with zero attached hydrogens (tertiary/aromatic N) is 4. The molecule has 2 aromatic heterocycles. The van der Waals surface area contributed by atoms with E-state index in [1.54, 1.807) is 6.07 Å². The first-order valence-corrected chi connectivity index (χ1v) is 6.21. The van der Waals surface area contributed by atoms with Crippen molar-refractivity contribution in [1.82, 2.24) is 20.1 Å². The highest BCUT2D eigenvalue weighted by molar-refractivity contribution is 5.49. The number of hydrogen-bond acceptors (Lipinski definition) is 8. The standard InChI is InChI=1S/C12H16N4O4/c1-4-18-12(19-5-2)11-15-10(16-20-11)8-6-9(17-3)14-7-13-8/h6-7,12H,4-5H2,1-3H3. The van der Waals surface area contributed by atoms with Crippen molar-refractivity contribution in [3.63, 3.8) is 0 Å². The minimum absolute atomic E-state index is 0.251. The smallest absolute Gasteiger partial charge is 0.284 e. The number of hydrogen-bond donors (Lipinski definition) is 0. The second-order valence-corrected chi connectivity index (χ2v) is 3.64. The zero-order valence-corrected chi connectivity index (χ0v) is 11.6. The van der Waals surface area contributed by atoms with Gasteiger partial charge in [0.25, 0.3) is 5.89 Å². The van der Waals surface area contributed by atoms with Gasteiger partial charge in [-0.05, 0) is 13.8 Å². The van der Waals surface area contributed by atoms with Gasteiger partial charge in [-0.25, -0.2) is 9.97 Å². The van der Waals surface area contributed by atoms with Crippen LogP contribution < -0.4 is 4.74 Å². The van der Waals surface area contributed by atoms with E-state index in [9.17, 15) is 0 Å². The second-order valence-electron chi connectivity index (χ2n) is 3.64. The van der Waals surface area contributed by atoms with E-state index in [1.165, 1.54) is 13.4 Å². The molecule has 2 aromatic rings. The Labute approximate surface area is 116 Å². The lowest BCUT2D eigenvalue weighted by molar-refractivity contribution is -0.155. The Kier molecular flexibility index (Phi) is 4.97. The van der Waals surface area contributed by atoms with Crippen molar-refractivity contribution in [3.8, 4) is 17.4 Å². The molecular formula is C12H16N4O4. The molecule has 0 aliphatic heterocycles. The fraction of sp³-hybridized carbons (Fsp3) is 0.500. The topological polar surface area (TPSA) is 92.4 Å². The van der Waals surface area contributed by atoms with Crippen molar-refractivity contribution in [2.75, 3.05) is 20.3 Å². The summed E-state index contributed by atoms with van der Waals surface area (Å²) in [5.41, 5.74) is 0.499. The molecule has 108 valence electrons. The maximum Gasteiger partial charge on any atom is 0.284 e. The molecule has 0 aliphatic rings. The summed E-state index contributed by atoms with van der Waals surface area (Å²) < 4.78 is 20.9. The van der Waals surface area contributed by atoms with Crippen LogP contribution in [0, 0.1) is 0 Å². The molecule has 0 fully saturated rings. The zero-order valence-electron chi connectivity index (χ0n) is 11.6. The monoisotopic (exact) mass is 280 g/mol. The molecule has 0 aliphatic carbocycles. The van der Waals surface area contributed by atoms with Crippen LogP contribution in [0.25, 0.3) is 11.5 Å². The Morgan fingerprint density at radius 2 is 1.95 bits per heavy atom. The quantitative estimate of drug-likeness (QED) is 0.706. The number of aromatic nitrogens is 4. The summed E-state index contributed by atoms with van der Waals surface area (Å²) in [6.07, 6.45) is 0.697. The third-order valence-electron chi connectivity index (χ3n) is 2.36. The molecule has 0 aromatic carbocycles. The van der Waals surface area contributed by atoms with Crippen LogP contribution in [0.3, 0.4) is 0 Å². The summed E-state index contributed by atoms with van der Waals surface area (Å²) >= 11 is 0. The fourth-order valence-electron chi connectivity index (χ4n) is 1.50. The zero-order chi connectivity index (χ0) is 14.4. The van der Waals surface area contributed by atoms with Gasteiger partial charge in [0.2, 0.25) is 18.0 Å². The third kappa shape index (κ3) is 3.28. The van der Waals surface area contributed by atoms with Crippen molar-refractivity contribution in [3.05, 3.63) is 18.3 Å². The van der Waals surface area contributed by atoms with E-state index in [2.05, 4.69) is 20.1 Å². The molecule has 0 N–H and O–H groups in total. The lowest BCUT2D eigenvalue weighted by atomic mass is 10.4. The van der Waals surface area contributed by atoms with Crippen molar-refractivity contribution in [1.29, 1.82) is 0 Å². The molecule has 0 bridgehead atoms. The highest BCUT2D eigenvalue weighted by atomic mass is 16.7. The van der Waals surface area contributed by atoms with Gasteiger partial charge >= 0.3 is 0 Å². The molecule has 8 nitrogen and oxygen atoms in total. The Hall–Kier alpha value is -2.06. The van der Waals surface area contributed by atoms with Crippen LogP contribution in [0.5, 0.6) is 5.88 Å². The first-order chi connectivity index (χ1) is 9.78. The Morgan fingerprint density at radius 3 is 2.60 bits per heavy atom. The van der Waals surface area contributed by atoms with E-state index in [-0.39, 0.29) is 5.89 Å². The Morgan fingerprint density at radius 1 is 1.20 bits per heavy atom. The summed E-state index contributed by atoms with van der Waals surface area (Å²) in [7, 11) is 1.52. The minimum atomic E-state index is -0.671. The predicted molar refractivity (Wildman–Crippen MR) is 67.9 cm³/mol. The average molecular weight is 280 g/mol. The molecular weight excluding hydrogens is 264 g/mol. The van der Waals surface area contributed by atoms with Crippen LogP contribution in [0.1, 0.15) is 26.0 Å². The van der Waals surface area contributed by atoms with Crippen molar-refractivity contribution in [2.24, 2.45) is 0 Å². The van der Waals surface area contributed by atoms with Gasteiger partial charge in [-0.1, -0.05) is 5.16 Å². The first-order valence-electron chi connectivity index (χ1n) is 6.21. The first kappa shape index (κ1) is 14.4.